The average molecular weight is 261 g/mol. The minimum absolute atomic E-state index is 0.104. The van der Waals surface area contributed by atoms with Crippen molar-refractivity contribution in [3.05, 3.63) is 30.1 Å². The molecule has 1 heterocycles. The summed E-state index contributed by atoms with van der Waals surface area (Å²) in [6, 6.07) is 3.97. The molecule has 0 aromatic carbocycles. The van der Waals surface area contributed by atoms with Gasteiger partial charge in [-0.1, -0.05) is 19.8 Å². The molecule has 1 aliphatic carbocycles. The zero-order chi connectivity index (χ0) is 13.7. The van der Waals surface area contributed by atoms with Gasteiger partial charge in [-0.05, 0) is 37.0 Å². The van der Waals surface area contributed by atoms with Crippen molar-refractivity contribution in [2.45, 2.75) is 57.7 Å². The molecule has 1 atom stereocenters. The van der Waals surface area contributed by atoms with Crippen LogP contribution in [0, 0.1) is 0 Å². The van der Waals surface area contributed by atoms with Gasteiger partial charge in [-0.3, -0.25) is 9.78 Å². The largest absolute Gasteiger partial charge is 0.334 e. The number of rotatable bonds is 7. The van der Waals surface area contributed by atoms with Crippen molar-refractivity contribution in [1.29, 1.82) is 0 Å². The fourth-order valence-electron chi connectivity index (χ4n) is 2.22. The van der Waals surface area contributed by atoms with Crippen LogP contribution in [-0.4, -0.2) is 27.9 Å². The van der Waals surface area contributed by atoms with Crippen molar-refractivity contribution >= 4 is 5.91 Å². The van der Waals surface area contributed by atoms with Gasteiger partial charge >= 0.3 is 0 Å². The van der Waals surface area contributed by atoms with Crippen molar-refractivity contribution in [3.63, 3.8) is 0 Å². The number of hydrogen-bond acceptors (Lipinski definition) is 3. The summed E-state index contributed by atoms with van der Waals surface area (Å²) in [5.74, 6) is 0.104. The van der Waals surface area contributed by atoms with Crippen LogP contribution in [0.4, 0.5) is 0 Å². The van der Waals surface area contributed by atoms with Crippen LogP contribution in [0.3, 0.4) is 0 Å². The first-order valence-corrected chi connectivity index (χ1v) is 7.17. The Hall–Kier alpha value is -1.42. The number of nitrogens with zero attached hydrogens (tertiary/aromatic N) is 2. The van der Waals surface area contributed by atoms with Crippen LogP contribution in [0.15, 0.2) is 24.5 Å². The Labute approximate surface area is 115 Å². The molecule has 1 aromatic heterocycles. The number of hydrogen-bond donors (Lipinski definition) is 1. The molecule has 1 aromatic rings. The molecule has 2 N–H and O–H groups in total. The van der Waals surface area contributed by atoms with Gasteiger partial charge in [0.2, 0.25) is 5.91 Å². The van der Waals surface area contributed by atoms with Gasteiger partial charge in [-0.25, -0.2) is 0 Å². The second-order valence-electron chi connectivity index (χ2n) is 5.30. The van der Waals surface area contributed by atoms with E-state index in [9.17, 15) is 4.79 Å². The third kappa shape index (κ3) is 4.03. The maximum Gasteiger partial charge on any atom is 0.240 e. The highest BCUT2D eigenvalue weighted by molar-refractivity contribution is 5.82. The van der Waals surface area contributed by atoms with Gasteiger partial charge in [0.05, 0.1) is 6.04 Å². The summed E-state index contributed by atoms with van der Waals surface area (Å²) in [5, 5.41) is 0. The molecule has 1 saturated carbocycles. The first-order chi connectivity index (χ1) is 9.22. The van der Waals surface area contributed by atoms with E-state index in [1.165, 1.54) is 0 Å². The van der Waals surface area contributed by atoms with Crippen LogP contribution in [0.5, 0.6) is 0 Å². The number of pyridine rings is 1. The summed E-state index contributed by atoms with van der Waals surface area (Å²) in [7, 11) is 0. The van der Waals surface area contributed by atoms with Gasteiger partial charge < -0.3 is 10.6 Å². The third-order valence-electron chi connectivity index (χ3n) is 3.56. The van der Waals surface area contributed by atoms with E-state index in [0.29, 0.717) is 12.6 Å². The molecule has 1 amide bonds. The van der Waals surface area contributed by atoms with E-state index in [0.717, 1.165) is 37.7 Å². The number of aromatic nitrogens is 1. The molecular formula is C15H23N3O. The third-order valence-corrected chi connectivity index (χ3v) is 3.56. The summed E-state index contributed by atoms with van der Waals surface area (Å²) in [4.78, 5) is 18.4. The molecule has 2 rings (SSSR count). The zero-order valence-corrected chi connectivity index (χ0v) is 11.6. The highest BCUT2D eigenvalue weighted by Gasteiger charge is 2.34. The highest BCUT2D eigenvalue weighted by Crippen LogP contribution is 2.29. The molecule has 0 spiro atoms. The number of nitrogens with two attached hydrogens (primary N) is 1. The van der Waals surface area contributed by atoms with Gasteiger partial charge in [-0.2, -0.15) is 0 Å². The number of carbonyl (C=O) groups excluding carboxylic acids is 1. The molecular weight excluding hydrogens is 238 g/mol. The fraction of sp³-hybridized carbons (Fsp3) is 0.600. The predicted octanol–water partition coefficient (Wildman–Crippen LogP) is 2.09. The maximum absolute atomic E-state index is 12.4. The Morgan fingerprint density at radius 1 is 1.47 bits per heavy atom. The van der Waals surface area contributed by atoms with Crippen LogP contribution in [0.1, 0.15) is 44.6 Å². The number of unbranched alkanes of at least 4 members (excludes halogenated alkanes) is 1. The average Bonchev–Trinajstić information content (AvgIpc) is 3.27. The van der Waals surface area contributed by atoms with Crippen molar-refractivity contribution in [2.24, 2.45) is 5.73 Å². The lowest BCUT2D eigenvalue weighted by molar-refractivity contribution is -0.134. The van der Waals surface area contributed by atoms with Crippen LogP contribution in [0.2, 0.25) is 0 Å². The normalized spacial score (nSPS) is 16.1. The van der Waals surface area contributed by atoms with Crippen molar-refractivity contribution in [3.8, 4) is 0 Å². The van der Waals surface area contributed by atoms with Crippen molar-refractivity contribution in [1.82, 2.24) is 9.88 Å². The topological polar surface area (TPSA) is 59.2 Å². The lowest BCUT2D eigenvalue weighted by Crippen LogP contribution is -2.44. The van der Waals surface area contributed by atoms with E-state index in [4.69, 9.17) is 5.73 Å². The second kappa shape index (κ2) is 6.66. The summed E-state index contributed by atoms with van der Waals surface area (Å²) in [5.41, 5.74) is 7.14. The Bertz CT molecular complexity index is 403. The summed E-state index contributed by atoms with van der Waals surface area (Å²) in [6.07, 6.45) is 8.63. The van der Waals surface area contributed by atoms with Crippen LogP contribution >= 0.6 is 0 Å². The van der Waals surface area contributed by atoms with Gasteiger partial charge in [0, 0.05) is 25.0 Å². The lowest BCUT2D eigenvalue weighted by atomic mass is 10.1. The summed E-state index contributed by atoms with van der Waals surface area (Å²) in [6.45, 7) is 2.78. The fourth-order valence-corrected chi connectivity index (χ4v) is 2.22. The zero-order valence-electron chi connectivity index (χ0n) is 11.6. The molecule has 1 fully saturated rings. The first-order valence-electron chi connectivity index (χ1n) is 7.17. The quantitative estimate of drug-likeness (QED) is 0.817. The molecule has 19 heavy (non-hydrogen) atoms. The Morgan fingerprint density at radius 2 is 2.16 bits per heavy atom. The van der Waals surface area contributed by atoms with Crippen molar-refractivity contribution < 1.29 is 4.79 Å². The van der Waals surface area contributed by atoms with Gasteiger partial charge in [0.25, 0.3) is 0 Å². The molecule has 0 radical (unpaired) electrons. The Balaban J connectivity index is 1.97. The smallest absolute Gasteiger partial charge is 0.240 e. The molecule has 0 saturated heterocycles. The molecule has 0 bridgehead atoms. The standard InChI is InChI=1S/C15H23N3O/c1-2-3-4-14(16)15(19)18(13-5-6-13)11-12-7-9-17-10-8-12/h7-10,13-14H,2-6,11,16H2,1H3. The van der Waals surface area contributed by atoms with E-state index >= 15 is 0 Å². The van der Waals surface area contributed by atoms with E-state index < -0.39 is 0 Å². The lowest BCUT2D eigenvalue weighted by Gasteiger charge is -2.25. The maximum atomic E-state index is 12.4. The predicted molar refractivity (Wildman–Crippen MR) is 75.3 cm³/mol. The van der Waals surface area contributed by atoms with Crippen molar-refractivity contribution in [2.75, 3.05) is 0 Å². The molecule has 0 aliphatic heterocycles. The Kier molecular flexibility index (Phi) is 4.91. The Morgan fingerprint density at radius 3 is 2.74 bits per heavy atom. The van der Waals surface area contributed by atoms with Gasteiger partial charge in [-0.15, -0.1) is 0 Å². The van der Waals surface area contributed by atoms with E-state index in [-0.39, 0.29) is 11.9 Å². The van der Waals surface area contributed by atoms with Crippen LogP contribution in [0.25, 0.3) is 0 Å². The minimum atomic E-state index is -0.345. The first kappa shape index (κ1) is 14.0. The second-order valence-corrected chi connectivity index (χ2v) is 5.30. The van der Waals surface area contributed by atoms with Crippen LogP contribution < -0.4 is 5.73 Å². The van der Waals surface area contributed by atoms with Gasteiger partial charge in [0.1, 0.15) is 0 Å². The van der Waals surface area contributed by atoms with E-state index in [1.807, 2.05) is 17.0 Å². The summed E-state index contributed by atoms with van der Waals surface area (Å²) >= 11 is 0. The highest BCUT2D eigenvalue weighted by atomic mass is 16.2. The minimum Gasteiger partial charge on any atom is -0.334 e. The summed E-state index contributed by atoms with van der Waals surface area (Å²) < 4.78 is 0. The van der Waals surface area contributed by atoms with E-state index in [1.54, 1.807) is 12.4 Å². The molecule has 4 heteroatoms. The molecule has 1 unspecified atom stereocenters. The number of amides is 1. The van der Waals surface area contributed by atoms with E-state index in [2.05, 4.69) is 11.9 Å². The van der Waals surface area contributed by atoms with Gasteiger partial charge in [0.15, 0.2) is 0 Å². The SMILES string of the molecule is CCCCC(N)C(=O)N(Cc1ccncc1)C1CC1. The molecule has 104 valence electrons. The molecule has 1 aliphatic rings. The number of carbonyl (C=O) groups is 1. The van der Waals surface area contributed by atoms with Crippen LogP contribution in [-0.2, 0) is 11.3 Å². The monoisotopic (exact) mass is 261 g/mol. The molecule has 4 nitrogen and oxygen atoms in total.